The van der Waals surface area contributed by atoms with Crippen molar-refractivity contribution in [2.75, 3.05) is 0 Å². The Morgan fingerprint density at radius 1 is 1.86 bits per heavy atom. The molecule has 0 spiro atoms. The van der Waals surface area contributed by atoms with Crippen LogP contribution in [0.3, 0.4) is 0 Å². The van der Waals surface area contributed by atoms with Gasteiger partial charge in [-0.3, -0.25) is 0 Å². The number of imidazole rings is 1. The SMILES string of the molecule is Cc1c[nH]c(I)n1. The molecule has 0 aromatic carbocycles. The second kappa shape index (κ2) is 1.81. The van der Waals surface area contributed by atoms with Gasteiger partial charge in [0.2, 0.25) is 0 Å². The molecule has 0 fully saturated rings. The number of aromatic nitrogens is 2. The number of nitrogens with zero attached hydrogens (tertiary/aromatic N) is 1. The van der Waals surface area contributed by atoms with E-state index in [0.717, 1.165) is 9.53 Å². The van der Waals surface area contributed by atoms with E-state index in [1.165, 1.54) is 0 Å². The molecule has 2 nitrogen and oxygen atoms in total. The molecular formula is C4H5IN2. The third-order valence-electron chi connectivity index (χ3n) is 0.675. The highest BCUT2D eigenvalue weighted by molar-refractivity contribution is 14.1. The van der Waals surface area contributed by atoms with Crippen LogP contribution in [0.5, 0.6) is 0 Å². The molecular weight excluding hydrogens is 203 g/mol. The molecule has 0 saturated carbocycles. The van der Waals surface area contributed by atoms with Crippen LogP contribution in [-0.2, 0) is 0 Å². The van der Waals surface area contributed by atoms with Gasteiger partial charge in [-0.1, -0.05) is 0 Å². The van der Waals surface area contributed by atoms with Crippen molar-refractivity contribution in [1.29, 1.82) is 0 Å². The zero-order valence-corrected chi connectivity index (χ0v) is 6.06. The Balaban J connectivity index is 3.04. The van der Waals surface area contributed by atoms with Crippen molar-refractivity contribution in [2.24, 2.45) is 0 Å². The zero-order chi connectivity index (χ0) is 5.28. The van der Waals surface area contributed by atoms with Gasteiger partial charge in [0, 0.05) is 6.20 Å². The Morgan fingerprint density at radius 2 is 2.57 bits per heavy atom. The first-order valence-corrected chi connectivity index (χ1v) is 3.04. The summed E-state index contributed by atoms with van der Waals surface area (Å²) in [6.45, 7) is 1.96. The predicted molar refractivity (Wildman–Crippen MR) is 36.0 cm³/mol. The van der Waals surface area contributed by atoms with Gasteiger partial charge in [-0.15, -0.1) is 0 Å². The minimum atomic E-state index is 0.954. The molecule has 0 aliphatic carbocycles. The molecule has 1 aromatic rings. The average Bonchev–Trinajstić information content (AvgIpc) is 1.87. The number of aromatic amines is 1. The van der Waals surface area contributed by atoms with E-state index in [0.29, 0.717) is 0 Å². The first-order valence-electron chi connectivity index (χ1n) is 1.96. The monoisotopic (exact) mass is 208 g/mol. The zero-order valence-electron chi connectivity index (χ0n) is 3.90. The lowest BCUT2D eigenvalue weighted by Crippen LogP contribution is -1.68. The Hall–Kier alpha value is -0.0600. The van der Waals surface area contributed by atoms with Gasteiger partial charge in [-0.2, -0.15) is 0 Å². The predicted octanol–water partition coefficient (Wildman–Crippen LogP) is 1.32. The normalized spacial score (nSPS) is 9.43. The Morgan fingerprint density at radius 3 is 2.71 bits per heavy atom. The van der Waals surface area contributed by atoms with E-state index in [1.54, 1.807) is 0 Å². The molecule has 1 heterocycles. The Labute approximate surface area is 55.5 Å². The summed E-state index contributed by atoms with van der Waals surface area (Å²) < 4.78 is 0.954. The molecule has 0 atom stereocenters. The number of rotatable bonds is 0. The summed E-state index contributed by atoms with van der Waals surface area (Å²) in [6, 6.07) is 0. The third-order valence-corrected chi connectivity index (χ3v) is 1.23. The molecule has 0 aliphatic heterocycles. The minimum absolute atomic E-state index is 0.954. The lowest BCUT2D eigenvalue weighted by Gasteiger charge is -1.69. The molecule has 3 heteroatoms. The maximum atomic E-state index is 4.04. The van der Waals surface area contributed by atoms with Crippen molar-refractivity contribution in [2.45, 2.75) is 6.92 Å². The standard InChI is InChI=1S/C4H5IN2/c1-3-2-6-4(5)7-3/h2H,1H3,(H,6,7). The van der Waals surface area contributed by atoms with Gasteiger partial charge in [0.15, 0.2) is 3.83 Å². The lowest BCUT2D eigenvalue weighted by molar-refractivity contribution is 1.20. The van der Waals surface area contributed by atoms with Crippen molar-refractivity contribution in [3.63, 3.8) is 0 Å². The van der Waals surface area contributed by atoms with Crippen LogP contribution in [0.15, 0.2) is 6.20 Å². The van der Waals surface area contributed by atoms with Crippen LogP contribution in [0.1, 0.15) is 5.69 Å². The minimum Gasteiger partial charge on any atom is -0.340 e. The van der Waals surface area contributed by atoms with Crippen LogP contribution in [0, 0.1) is 10.8 Å². The van der Waals surface area contributed by atoms with Crippen molar-refractivity contribution < 1.29 is 0 Å². The summed E-state index contributed by atoms with van der Waals surface area (Å²) in [6.07, 6.45) is 1.88. The van der Waals surface area contributed by atoms with Gasteiger partial charge in [-0.05, 0) is 29.5 Å². The van der Waals surface area contributed by atoms with E-state index in [4.69, 9.17) is 0 Å². The van der Waals surface area contributed by atoms with E-state index in [9.17, 15) is 0 Å². The summed E-state index contributed by atoms with van der Waals surface area (Å²) in [5, 5.41) is 0. The summed E-state index contributed by atoms with van der Waals surface area (Å²) in [7, 11) is 0. The van der Waals surface area contributed by atoms with E-state index < -0.39 is 0 Å². The number of H-pyrrole nitrogens is 1. The molecule has 1 aromatic heterocycles. The molecule has 0 saturated heterocycles. The fraction of sp³-hybridized carbons (Fsp3) is 0.250. The number of nitrogens with one attached hydrogen (secondary N) is 1. The molecule has 1 N–H and O–H groups in total. The van der Waals surface area contributed by atoms with Gasteiger partial charge in [-0.25, -0.2) is 4.98 Å². The van der Waals surface area contributed by atoms with E-state index >= 15 is 0 Å². The third kappa shape index (κ3) is 1.15. The van der Waals surface area contributed by atoms with Crippen molar-refractivity contribution in [3.8, 4) is 0 Å². The first-order chi connectivity index (χ1) is 3.29. The van der Waals surface area contributed by atoms with Crippen molar-refractivity contribution in [1.82, 2.24) is 9.97 Å². The Bertz CT molecular complexity index is 142. The van der Waals surface area contributed by atoms with Crippen LogP contribution in [0.25, 0.3) is 0 Å². The fourth-order valence-corrected chi connectivity index (χ4v) is 0.920. The van der Waals surface area contributed by atoms with Crippen LogP contribution in [-0.4, -0.2) is 9.97 Å². The summed E-state index contributed by atoms with van der Waals surface area (Å²) in [4.78, 5) is 6.99. The number of hydrogen-bond acceptors (Lipinski definition) is 1. The second-order valence-electron chi connectivity index (χ2n) is 1.33. The second-order valence-corrected chi connectivity index (χ2v) is 2.35. The van der Waals surface area contributed by atoms with Crippen molar-refractivity contribution in [3.05, 3.63) is 15.7 Å². The van der Waals surface area contributed by atoms with Gasteiger partial charge in [0.05, 0.1) is 5.69 Å². The molecule has 38 valence electrons. The highest BCUT2D eigenvalue weighted by Gasteiger charge is 1.86. The molecule has 0 aliphatic rings. The molecule has 1 rings (SSSR count). The van der Waals surface area contributed by atoms with Crippen LogP contribution in [0.4, 0.5) is 0 Å². The van der Waals surface area contributed by atoms with E-state index in [1.807, 2.05) is 13.1 Å². The van der Waals surface area contributed by atoms with Crippen LogP contribution in [0.2, 0.25) is 0 Å². The van der Waals surface area contributed by atoms with Gasteiger partial charge in [0.25, 0.3) is 0 Å². The topological polar surface area (TPSA) is 28.7 Å². The molecule has 0 bridgehead atoms. The van der Waals surface area contributed by atoms with Crippen LogP contribution >= 0.6 is 22.6 Å². The van der Waals surface area contributed by atoms with E-state index in [2.05, 4.69) is 32.6 Å². The molecule has 0 radical (unpaired) electrons. The first kappa shape index (κ1) is 5.08. The molecule has 0 amide bonds. The maximum Gasteiger partial charge on any atom is 0.168 e. The lowest BCUT2D eigenvalue weighted by atomic mass is 10.6. The largest absolute Gasteiger partial charge is 0.340 e. The molecule has 7 heavy (non-hydrogen) atoms. The summed E-state index contributed by atoms with van der Waals surface area (Å²) >= 11 is 2.13. The number of aryl methyl sites for hydroxylation is 1. The molecule has 0 unspecified atom stereocenters. The van der Waals surface area contributed by atoms with E-state index in [-0.39, 0.29) is 0 Å². The summed E-state index contributed by atoms with van der Waals surface area (Å²) in [5.74, 6) is 0. The van der Waals surface area contributed by atoms with Gasteiger partial charge < -0.3 is 4.98 Å². The average molecular weight is 208 g/mol. The van der Waals surface area contributed by atoms with Gasteiger partial charge >= 0.3 is 0 Å². The van der Waals surface area contributed by atoms with Gasteiger partial charge in [0.1, 0.15) is 0 Å². The maximum absolute atomic E-state index is 4.04. The fourth-order valence-electron chi connectivity index (χ4n) is 0.383. The number of halogens is 1. The van der Waals surface area contributed by atoms with Crippen LogP contribution < -0.4 is 0 Å². The number of hydrogen-bond donors (Lipinski definition) is 1. The highest BCUT2D eigenvalue weighted by atomic mass is 127. The summed E-state index contributed by atoms with van der Waals surface area (Å²) in [5.41, 5.74) is 1.05. The highest BCUT2D eigenvalue weighted by Crippen LogP contribution is 1.96. The van der Waals surface area contributed by atoms with Crippen molar-refractivity contribution >= 4 is 22.6 Å². The quantitative estimate of drug-likeness (QED) is 0.640. The smallest absolute Gasteiger partial charge is 0.168 e. The Kier molecular flexibility index (Phi) is 1.32.